The fourth-order valence-corrected chi connectivity index (χ4v) is 5.59. The van der Waals surface area contributed by atoms with Crippen molar-refractivity contribution < 1.29 is 28.7 Å². The summed E-state index contributed by atoms with van der Waals surface area (Å²) in [6.45, 7) is 0.0293. The van der Waals surface area contributed by atoms with Gasteiger partial charge in [0.2, 0.25) is 29.0 Å². The Morgan fingerprint density at radius 1 is 0.800 bits per heavy atom. The van der Waals surface area contributed by atoms with Crippen LogP contribution in [0.25, 0.3) is 0 Å². The number of rotatable bonds is 4. The van der Waals surface area contributed by atoms with E-state index in [1.54, 1.807) is 79.9 Å². The van der Waals surface area contributed by atoms with Gasteiger partial charge in [-0.05, 0) is 23.3 Å². The summed E-state index contributed by atoms with van der Waals surface area (Å²) in [6, 6.07) is 22.5. The van der Waals surface area contributed by atoms with Crippen LogP contribution in [-0.4, -0.2) is 41.0 Å². The zero-order valence-electron chi connectivity index (χ0n) is 18.8. The molecular formula is C28H21NO6. The molecule has 3 atom stereocenters. The van der Waals surface area contributed by atoms with Crippen molar-refractivity contribution in [3.05, 3.63) is 101 Å². The van der Waals surface area contributed by atoms with E-state index in [9.17, 15) is 19.2 Å². The van der Waals surface area contributed by atoms with Gasteiger partial charge in [-0.2, -0.15) is 0 Å². The number of ketones is 2. The standard InChI is InChI=1S/C28H21NO6/c1-34-18-13-11-16(12-14-18)15-29-26(32)21-22(27(29)33)28(35-23(21)17-7-3-2-4-8-17)24(30)19-9-5-6-10-20(19)25(28)31/h2-14,21-23H,15H2,1H3/t21-,22+,23-/m1/s1. The zero-order chi connectivity index (χ0) is 24.3. The molecule has 0 aromatic heterocycles. The molecule has 7 heteroatoms. The fraction of sp³-hybridized carbons (Fsp3) is 0.214. The largest absolute Gasteiger partial charge is 0.497 e. The SMILES string of the molecule is COc1ccc(CN2C(=O)[C@H]3[C@@H](c4ccccc4)OC4(C(=O)c5ccccc5C4=O)[C@@H]3C2=O)cc1. The third kappa shape index (κ3) is 2.88. The monoisotopic (exact) mass is 467 g/mol. The summed E-state index contributed by atoms with van der Waals surface area (Å²) in [5.74, 6) is -3.68. The van der Waals surface area contributed by atoms with Gasteiger partial charge in [0.1, 0.15) is 5.75 Å². The summed E-state index contributed by atoms with van der Waals surface area (Å²) >= 11 is 0. The topological polar surface area (TPSA) is 90.0 Å². The van der Waals surface area contributed by atoms with Gasteiger partial charge in [-0.15, -0.1) is 0 Å². The number of imide groups is 1. The van der Waals surface area contributed by atoms with Crippen molar-refractivity contribution >= 4 is 23.4 Å². The van der Waals surface area contributed by atoms with Crippen molar-refractivity contribution in [1.29, 1.82) is 0 Å². The molecule has 1 spiro atoms. The number of amides is 2. The van der Waals surface area contributed by atoms with Crippen LogP contribution in [-0.2, 0) is 20.9 Å². The Kier molecular flexibility index (Phi) is 4.72. The average Bonchev–Trinajstić information content (AvgIpc) is 3.46. The number of hydrogen-bond acceptors (Lipinski definition) is 6. The Hall–Kier alpha value is -4.10. The van der Waals surface area contributed by atoms with Crippen LogP contribution in [0, 0.1) is 11.8 Å². The van der Waals surface area contributed by atoms with Crippen molar-refractivity contribution in [2.24, 2.45) is 11.8 Å². The number of fused-ring (bicyclic) bond motifs is 3. The molecule has 0 bridgehead atoms. The summed E-state index contributed by atoms with van der Waals surface area (Å²) in [6.07, 6.45) is -0.902. The van der Waals surface area contributed by atoms with Crippen LogP contribution in [0.3, 0.4) is 0 Å². The van der Waals surface area contributed by atoms with E-state index in [0.29, 0.717) is 11.3 Å². The number of likely N-dealkylation sites (tertiary alicyclic amines) is 1. The van der Waals surface area contributed by atoms with Crippen LogP contribution >= 0.6 is 0 Å². The lowest BCUT2D eigenvalue weighted by Gasteiger charge is -2.27. The Balaban J connectivity index is 1.45. The molecule has 35 heavy (non-hydrogen) atoms. The third-order valence-electron chi connectivity index (χ3n) is 7.24. The first-order valence-electron chi connectivity index (χ1n) is 11.4. The highest BCUT2D eigenvalue weighted by atomic mass is 16.5. The predicted octanol–water partition coefficient (Wildman–Crippen LogP) is 3.39. The predicted molar refractivity (Wildman–Crippen MR) is 124 cm³/mol. The highest BCUT2D eigenvalue weighted by molar-refractivity contribution is 6.35. The zero-order valence-corrected chi connectivity index (χ0v) is 18.8. The molecule has 3 aromatic carbocycles. The number of hydrogen-bond donors (Lipinski definition) is 0. The third-order valence-corrected chi connectivity index (χ3v) is 7.24. The Morgan fingerprint density at radius 3 is 2.00 bits per heavy atom. The number of benzene rings is 3. The molecule has 2 heterocycles. The molecule has 1 aliphatic carbocycles. The maximum atomic E-state index is 13.8. The average molecular weight is 467 g/mol. The maximum absolute atomic E-state index is 13.8. The minimum absolute atomic E-state index is 0.0293. The molecule has 7 nitrogen and oxygen atoms in total. The molecule has 2 aliphatic heterocycles. The number of carbonyl (C=O) groups excluding carboxylic acids is 4. The first kappa shape index (κ1) is 21.4. The quantitative estimate of drug-likeness (QED) is 0.432. The van der Waals surface area contributed by atoms with Crippen molar-refractivity contribution in [2.45, 2.75) is 18.2 Å². The summed E-state index contributed by atoms with van der Waals surface area (Å²) in [4.78, 5) is 56.1. The molecule has 174 valence electrons. The summed E-state index contributed by atoms with van der Waals surface area (Å²) < 4.78 is 11.4. The van der Waals surface area contributed by atoms with Gasteiger partial charge in [0.05, 0.1) is 31.6 Å². The van der Waals surface area contributed by atoms with Gasteiger partial charge in [-0.1, -0.05) is 66.7 Å². The minimum atomic E-state index is -2.05. The summed E-state index contributed by atoms with van der Waals surface area (Å²) in [5, 5.41) is 0. The van der Waals surface area contributed by atoms with Crippen molar-refractivity contribution in [3.8, 4) is 5.75 Å². The lowest BCUT2D eigenvalue weighted by molar-refractivity contribution is -0.145. The van der Waals surface area contributed by atoms with Gasteiger partial charge in [0.15, 0.2) is 0 Å². The minimum Gasteiger partial charge on any atom is -0.497 e. The second-order valence-corrected chi connectivity index (χ2v) is 9.00. The molecular weight excluding hydrogens is 446 g/mol. The lowest BCUT2D eigenvalue weighted by atomic mass is 9.77. The van der Waals surface area contributed by atoms with Crippen LogP contribution < -0.4 is 4.74 Å². The van der Waals surface area contributed by atoms with E-state index in [4.69, 9.17) is 9.47 Å². The molecule has 0 radical (unpaired) electrons. The van der Waals surface area contributed by atoms with Gasteiger partial charge in [-0.3, -0.25) is 24.1 Å². The Bertz CT molecular complexity index is 1350. The number of Topliss-reactive ketones (excluding diaryl/α,β-unsaturated/α-hetero) is 2. The highest BCUT2D eigenvalue weighted by Gasteiger charge is 2.74. The Morgan fingerprint density at radius 2 is 1.40 bits per heavy atom. The van der Waals surface area contributed by atoms with Gasteiger partial charge in [0.25, 0.3) is 0 Å². The number of ether oxygens (including phenoxy) is 2. The van der Waals surface area contributed by atoms with Crippen LogP contribution in [0.4, 0.5) is 0 Å². The van der Waals surface area contributed by atoms with E-state index in [1.165, 1.54) is 0 Å². The van der Waals surface area contributed by atoms with E-state index in [2.05, 4.69) is 0 Å². The fourth-order valence-electron chi connectivity index (χ4n) is 5.59. The molecule has 6 rings (SSSR count). The van der Waals surface area contributed by atoms with Gasteiger partial charge < -0.3 is 9.47 Å². The van der Waals surface area contributed by atoms with Crippen molar-refractivity contribution in [2.75, 3.05) is 7.11 Å². The van der Waals surface area contributed by atoms with E-state index in [-0.39, 0.29) is 17.7 Å². The van der Waals surface area contributed by atoms with Gasteiger partial charge in [0, 0.05) is 11.1 Å². The number of carbonyl (C=O) groups is 4. The molecule has 0 unspecified atom stereocenters. The molecule has 3 aliphatic rings. The number of nitrogens with zero attached hydrogens (tertiary/aromatic N) is 1. The molecule has 0 N–H and O–H groups in total. The van der Waals surface area contributed by atoms with Crippen LogP contribution in [0.2, 0.25) is 0 Å². The normalized spacial score (nSPS) is 24.3. The number of methoxy groups -OCH3 is 1. The highest BCUT2D eigenvalue weighted by Crippen LogP contribution is 2.57. The molecule has 2 saturated heterocycles. The van der Waals surface area contributed by atoms with E-state index >= 15 is 0 Å². The van der Waals surface area contributed by atoms with E-state index < -0.39 is 46.9 Å². The van der Waals surface area contributed by atoms with E-state index in [1.807, 2.05) is 6.07 Å². The van der Waals surface area contributed by atoms with Gasteiger partial charge >= 0.3 is 0 Å². The maximum Gasteiger partial charge on any atom is 0.237 e. The van der Waals surface area contributed by atoms with Gasteiger partial charge in [-0.25, -0.2) is 0 Å². The molecule has 2 amide bonds. The van der Waals surface area contributed by atoms with Crippen molar-refractivity contribution in [3.63, 3.8) is 0 Å². The second-order valence-electron chi connectivity index (χ2n) is 9.00. The van der Waals surface area contributed by atoms with Crippen LogP contribution in [0.1, 0.15) is 37.9 Å². The summed E-state index contributed by atoms with van der Waals surface area (Å²) in [7, 11) is 1.56. The lowest BCUT2D eigenvalue weighted by Crippen LogP contribution is -2.50. The first-order valence-corrected chi connectivity index (χ1v) is 11.4. The van der Waals surface area contributed by atoms with E-state index in [0.717, 1.165) is 10.5 Å². The summed E-state index contributed by atoms with van der Waals surface area (Å²) in [5.41, 5.74) is -0.233. The molecule has 3 aromatic rings. The molecule has 2 fully saturated rings. The van der Waals surface area contributed by atoms with Crippen LogP contribution in [0.5, 0.6) is 5.75 Å². The smallest absolute Gasteiger partial charge is 0.237 e. The van der Waals surface area contributed by atoms with Crippen LogP contribution in [0.15, 0.2) is 78.9 Å². The first-order chi connectivity index (χ1) is 17.0. The van der Waals surface area contributed by atoms with Crippen molar-refractivity contribution in [1.82, 2.24) is 4.90 Å². The second kappa shape index (κ2) is 7.71. The Labute approximate surface area is 201 Å². The molecule has 0 saturated carbocycles.